The molecule has 144 valence electrons. The van der Waals surface area contributed by atoms with Crippen LogP contribution in [0.25, 0.3) is 0 Å². The van der Waals surface area contributed by atoms with Crippen LogP contribution >= 0.6 is 0 Å². The van der Waals surface area contributed by atoms with E-state index in [4.69, 9.17) is 9.47 Å². The number of ether oxygens (including phenoxy) is 2. The average Bonchev–Trinajstić information content (AvgIpc) is 2.99. The molecule has 0 bridgehead atoms. The average molecular weight is 368 g/mol. The zero-order chi connectivity index (χ0) is 19.4. The lowest BCUT2D eigenvalue weighted by atomic mass is 9.62. The van der Waals surface area contributed by atoms with Gasteiger partial charge >= 0.3 is 11.9 Å². The highest BCUT2D eigenvalue weighted by atomic mass is 16.5. The Morgan fingerprint density at radius 3 is 2.37 bits per heavy atom. The molecule has 27 heavy (non-hydrogen) atoms. The molecule has 4 aliphatic rings. The van der Waals surface area contributed by atoms with Crippen LogP contribution in [-0.4, -0.2) is 26.2 Å². The minimum Gasteiger partial charge on any atom is -0.468 e. The minimum atomic E-state index is -1.25. The van der Waals surface area contributed by atoms with Crippen molar-refractivity contribution in [2.45, 2.75) is 58.3 Å². The lowest BCUT2D eigenvalue weighted by molar-refractivity contribution is -0.169. The maximum absolute atomic E-state index is 12.6. The number of rotatable bonds is 2. The van der Waals surface area contributed by atoms with Crippen molar-refractivity contribution in [3.8, 4) is 0 Å². The van der Waals surface area contributed by atoms with Gasteiger partial charge in [-0.25, -0.2) is 0 Å². The molecular weight excluding hydrogens is 340 g/mol. The molecule has 4 rings (SSSR count). The predicted molar refractivity (Wildman–Crippen MR) is 103 cm³/mol. The quantitative estimate of drug-likeness (QED) is 0.407. The first-order valence-corrected chi connectivity index (χ1v) is 9.82. The van der Waals surface area contributed by atoms with Gasteiger partial charge in [0.25, 0.3) is 0 Å². The van der Waals surface area contributed by atoms with Crippen molar-refractivity contribution in [3.63, 3.8) is 0 Å². The van der Waals surface area contributed by atoms with Crippen molar-refractivity contribution in [3.05, 3.63) is 46.1 Å². The summed E-state index contributed by atoms with van der Waals surface area (Å²) in [5.74, 6) is -0.986. The van der Waals surface area contributed by atoms with Crippen molar-refractivity contribution < 1.29 is 19.1 Å². The van der Waals surface area contributed by atoms with Crippen LogP contribution in [0.3, 0.4) is 0 Å². The maximum Gasteiger partial charge on any atom is 0.323 e. The Labute approximate surface area is 161 Å². The molecule has 0 aromatic rings. The van der Waals surface area contributed by atoms with Gasteiger partial charge in [-0.15, -0.1) is 0 Å². The highest BCUT2D eigenvalue weighted by Gasteiger charge is 2.52. The number of methoxy groups -OCH3 is 2. The molecule has 1 saturated carbocycles. The predicted octanol–water partition coefficient (Wildman–Crippen LogP) is 4.58. The van der Waals surface area contributed by atoms with E-state index in [1.807, 2.05) is 0 Å². The summed E-state index contributed by atoms with van der Waals surface area (Å²) in [4.78, 5) is 25.2. The molecule has 0 heterocycles. The fourth-order valence-electron chi connectivity index (χ4n) is 5.77. The number of carbonyl (C=O) groups is 2. The van der Waals surface area contributed by atoms with Gasteiger partial charge in [-0.3, -0.25) is 9.59 Å². The lowest BCUT2D eigenvalue weighted by Gasteiger charge is -2.41. The van der Waals surface area contributed by atoms with Gasteiger partial charge in [0, 0.05) is 6.42 Å². The summed E-state index contributed by atoms with van der Waals surface area (Å²) < 4.78 is 10.0. The highest BCUT2D eigenvalue weighted by Crippen LogP contribution is 2.58. The second-order valence-electron chi connectivity index (χ2n) is 8.75. The van der Waals surface area contributed by atoms with Crippen LogP contribution in [0.4, 0.5) is 0 Å². The summed E-state index contributed by atoms with van der Waals surface area (Å²) in [5, 5.41) is 0. The van der Waals surface area contributed by atoms with Crippen LogP contribution < -0.4 is 0 Å². The van der Waals surface area contributed by atoms with E-state index in [0.29, 0.717) is 12.8 Å². The summed E-state index contributed by atoms with van der Waals surface area (Å²) in [6.45, 7) is 6.62. The van der Waals surface area contributed by atoms with Crippen molar-refractivity contribution in [1.82, 2.24) is 0 Å². The molecule has 0 saturated heterocycles. The standard InChI is InChI=1S/C23H28O4/c1-14-11-19-17-6-5-15-7-10-23(20(24)26-3,21(25)27-4)13-18(15)16(17)8-9-22(19,2)12-14/h7H,1,5-6,8-13H2,2-4H3/t22-/m1/s1. The van der Waals surface area contributed by atoms with Gasteiger partial charge in [0.2, 0.25) is 0 Å². The maximum atomic E-state index is 12.6. The molecule has 0 aliphatic heterocycles. The van der Waals surface area contributed by atoms with E-state index in [1.54, 1.807) is 5.57 Å². The first-order chi connectivity index (χ1) is 12.8. The summed E-state index contributed by atoms with van der Waals surface area (Å²) in [6.07, 6.45) is 9.08. The molecule has 0 N–H and O–H groups in total. The smallest absolute Gasteiger partial charge is 0.323 e. The third-order valence-electron chi connectivity index (χ3n) is 7.17. The lowest BCUT2D eigenvalue weighted by Crippen LogP contribution is -2.43. The van der Waals surface area contributed by atoms with Crippen LogP contribution in [0.2, 0.25) is 0 Å². The van der Waals surface area contributed by atoms with E-state index in [-0.39, 0.29) is 5.41 Å². The van der Waals surface area contributed by atoms with E-state index < -0.39 is 17.4 Å². The molecule has 4 nitrogen and oxygen atoms in total. The van der Waals surface area contributed by atoms with Gasteiger partial charge in [0.15, 0.2) is 5.41 Å². The second kappa shape index (κ2) is 6.22. The van der Waals surface area contributed by atoms with E-state index in [0.717, 1.165) is 38.5 Å². The molecule has 0 unspecified atom stereocenters. The zero-order valence-electron chi connectivity index (χ0n) is 16.6. The molecule has 0 amide bonds. The number of esters is 2. The van der Waals surface area contributed by atoms with Crippen molar-refractivity contribution in [1.29, 1.82) is 0 Å². The van der Waals surface area contributed by atoms with Gasteiger partial charge in [-0.1, -0.05) is 30.7 Å². The molecular formula is C23H28O4. The third-order valence-corrected chi connectivity index (χ3v) is 7.17. The van der Waals surface area contributed by atoms with Crippen LogP contribution in [0, 0.1) is 10.8 Å². The summed E-state index contributed by atoms with van der Waals surface area (Å²) in [5.41, 5.74) is 7.20. The molecule has 4 aliphatic carbocycles. The van der Waals surface area contributed by atoms with Gasteiger partial charge < -0.3 is 9.47 Å². The van der Waals surface area contributed by atoms with Gasteiger partial charge in [0.05, 0.1) is 14.2 Å². The van der Waals surface area contributed by atoms with Crippen LogP contribution in [-0.2, 0) is 19.1 Å². The van der Waals surface area contributed by atoms with E-state index in [1.165, 1.54) is 42.1 Å². The number of fused-ring (bicyclic) bond motifs is 3. The molecule has 0 aromatic heterocycles. The molecule has 0 radical (unpaired) electrons. The fraction of sp³-hybridized carbons (Fsp3) is 0.565. The molecule has 0 spiro atoms. The summed E-state index contributed by atoms with van der Waals surface area (Å²) >= 11 is 0. The first kappa shape index (κ1) is 18.3. The first-order valence-electron chi connectivity index (χ1n) is 9.82. The van der Waals surface area contributed by atoms with Crippen molar-refractivity contribution >= 4 is 11.9 Å². The number of carbonyl (C=O) groups excluding carboxylic acids is 2. The van der Waals surface area contributed by atoms with E-state index >= 15 is 0 Å². The van der Waals surface area contributed by atoms with Gasteiger partial charge in [-0.05, 0) is 72.7 Å². The molecule has 1 atom stereocenters. The molecule has 4 heteroatoms. The normalized spacial score (nSPS) is 28.9. The Kier molecular flexibility index (Phi) is 4.21. The molecule has 0 aromatic carbocycles. The largest absolute Gasteiger partial charge is 0.468 e. The Morgan fingerprint density at radius 2 is 1.70 bits per heavy atom. The van der Waals surface area contributed by atoms with Gasteiger partial charge in [0.1, 0.15) is 0 Å². The Hall–Kier alpha value is -2.10. The Morgan fingerprint density at radius 1 is 1.00 bits per heavy atom. The number of hydrogen-bond donors (Lipinski definition) is 0. The summed E-state index contributed by atoms with van der Waals surface area (Å²) in [7, 11) is 2.68. The Balaban J connectivity index is 1.84. The number of hydrogen-bond acceptors (Lipinski definition) is 4. The minimum absolute atomic E-state index is 0.244. The second-order valence-corrected chi connectivity index (χ2v) is 8.75. The summed E-state index contributed by atoms with van der Waals surface area (Å²) in [6, 6.07) is 0. The van der Waals surface area contributed by atoms with E-state index in [9.17, 15) is 9.59 Å². The topological polar surface area (TPSA) is 52.6 Å². The van der Waals surface area contributed by atoms with Gasteiger partial charge in [-0.2, -0.15) is 0 Å². The highest BCUT2D eigenvalue weighted by molar-refractivity contribution is 6.01. The van der Waals surface area contributed by atoms with Crippen molar-refractivity contribution in [2.75, 3.05) is 14.2 Å². The third kappa shape index (κ3) is 2.56. The SMILES string of the molecule is C=C1CC2=C3CCC4=CCC(C(=O)OC)(C(=O)OC)CC4=C3CC[C@]2(C)C1. The zero-order valence-corrected chi connectivity index (χ0v) is 16.6. The van der Waals surface area contributed by atoms with Crippen LogP contribution in [0.1, 0.15) is 58.3 Å². The number of allylic oxidation sites excluding steroid dienone is 7. The molecule has 1 fully saturated rings. The monoisotopic (exact) mass is 368 g/mol. The van der Waals surface area contributed by atoms with Crippen LogP contribution in [0.15, 0.2) is 46.1 Å². The van der Waals surface area contributed by atoms with Crippen molar-refractivity contribution in [2.24, 2.45) is 10.8 Å². The fourth-order valence-corrected chi connectivity index (χ4v) is 5.77. The van der Waals surface area contributed by atoms with Crippen LogP contribution in [0.5, 0.6) is 0 Å². The Bertz CT molecular complexity index is 822. The van der Waals surface area contributed by atoms with E-state index in [2.05, 4.69) is 19.6 Å².